The molecule has 98 valence electrons. The van der Waals surface area contributed by atoms with Crippen LogP contribution in [0.2, 0.25) is 0 Å². The van der Waals surface area contributed by atoms with Crippen LogP contribution in [0.5, 0.6) is 0 Å². The van der Waals surface area contributed by atoms with E-state index in [1.54, 1.807) is 0 Å². The molecule has 3 heteroatoms. The van der Waals surface area contributed by atoms with Gasteiger partial charge in [0.2, 0.25) is 5.91 Å². The number of hydrogen-bond donors (Lipinski definition) is 1. The van der Waals surface area contributed by atoms with Gasteiger partial charge in [-0.05, 0) is 24.7 Å². The number of carbonyl (C=O) groups is 1. The van der Waals surface area contributed by atoms with Crippen LogP contribution in [0.25, 0.3) is 0 Å². The van der Waals surface area contributed by atoms with Crippen molar-refractivity contribution >= 4 is 5.91 Å². The minimum absolute atomic E-state index is 0.223. The summed E-state index contributed by atoms with van der Waals surface area (Å²) in [7, 11) is 0. The highest BCUT2D eigenvalue weighted by Crippen LogP contribution is 2.39. The van der Waals surface area contributed by atoms with Crippen molar-refractivity contribution in [2.45, 2.75) is 51.9 Å². The zero-order valence-corrected chi connectivity index (χ0v) is 11.0. The minimum Gasteiger partial charge on any atom is -0.396 e. The van der Waals surface area contributed by atoms with E-state index in [9.17, 15) is 4.79 Å². The molecule has 2 aliphatic rings. The van der Waals surface area contributed by atoms with Crippen molar-refractivity contribution < 1.29 is 9.90 Å². The molecule has 1 saturated heterocycles. The molecule has 0 aromatic heterocycles. The van der Waals surface area contributed by atoms with Crippen molar-refractivity contribution in [1.82, 2.24) is 4.90 Å². The van der Waals surface area contributed by atoms with Crippen molar-refractivity contribution in [2.75, 3.05) is 19.7 Å². The predicted molar refractivity (Wildman–Crippen MR) is 67.6 cm³/mol. The van der Waals surface area contributed by atoms with Crippen LogP contribution >= 0.6 is 0 Å². The van der Waals surface area contributed by atoms with Crippen molar-refractivity contribution in [3.8, 4) is 0 Å². The van der Waals surface area contributed by atoms with Crippen LogP contribution in [0, 0.1) is 11.3 Å². The predicted octanol–water partition coefficient (Wildman–Crippen LogP) is 2.19. The molecule has 0 aromatic carbocycles. The summed E-state index contributed by atoms with van der Waals surface area (Å²) in [4.78, 5) is 14.2. The molecule has 2 rings (SSSR count). The Labute approximate surface area is 104 Å². The molecule has 1 amide bonds. The van der Waals surface area contributed by atoms with E-state index in [-0.39, 0.29) is 12.0 Å². The van der Waals surface area contributed by atoms with E-state index >= 15 is 0 Å². The summed E-state index contributed by atoms with van der Waals surface area (Å²) in [6.07, 6.45) is 7.99. The fraction of sp³-hybridized carbons (Fsp3) is 0.929. The molecule has 1 saturated carbocycles. The van der Waals surface area contributed by atoms with E-state index in [1.807, 2.05) is 4.90 Å². The fourth-order valence-electron chi connectivity index (χ4n) is 3.27. The van der Waals surface area contributed by atoms with Crippen molar-refractivity contribution in [3.05, 3.63) is 0 Å². The maximum Gasteiger partial charge on any atom is 0.223 e. The number of nitrogens with zero attached hydrogens (tertiary/aromatic N) is 1. The lowest BCUT2D eigenvalue weighted by Gasteiger charge is -2.34. The molecule has 0 spiro atoms. The third-order valence-electron chi connectivity index (χ3n) is 4.54. The second-order valence-electron chi connectivity index (χ2n) is 6.23. The first kappa shape index (κ1) is 12.9. The zero-order chi connectivity index (χ0) is 12.3. The summed E-state index contributed by atoms with van der Waals surface area (Å²) in [5.74, 6) is 0.628. The Bertz CT molecular complexity index is 271. The first-order valence-electron chi connectivity index (χ1n) is 7.02. The minimum atomic E-state index is 0.223. The lowest BCUT2D eigenvalue weighted by Crippen LogP contribution is -2.34. The molecule has 1 unspecified atom stereocenters. The van der Waals surface area contributed by atoms with Gasteiger partial charge in [-0.25, -0.2) is 0 Å². The van der Waals surface area contributed by atoms with Gasteiger partial charge in [0.25, 0.3) is 0 Å². The molecule has 1 atom stereocenters. The summed E-state index contributed by atoms with van der Waals surface area (Å²) >= 11 is 0. The third-order valence-corrected chi connectivity index (χ3v) is 4.54. The lowest BCUT2D eigenvalue weighted by atomic mass is 9.73. The molecule has 17 heavy (non-hydrogen) atoms. The number of aliphatic hydroxyl groups excluding tert-OH is 1. The number of amides is 1. The van der Waals surface area contributed by atoms with E-state index in [1.165, 1.54) is 32.1 Å². The molecular weight excluding hydrogens is 214 g/mol. The number of hydrogen-bond acceptors (Lipinski definition) is 2. The van der Waals surface area contributed by atoms with Gasteiger partial charge in [-0.3, -0.25) is 4.79 Å². The van der Waals surface area contributed by atoms with Crippen LogP contribution in [0.3, 0.4) is 0 Å². The van der Waals surface area contributed by atoms with Gasteiger partial charge in [-0.2, -0.15) is 0 Å². The van der Waals surface area contributed by atoms with Gasteiger partial charge < -0.3 is 10.0 Å². The number of likely N-dealkylation sites (tertiary alicyclic amines) is 1. The largest absolute Gasteiger partial charge is 0.396 e. The van der Waals surface area contributed by atoms with Gasteiger partial charge in [0, 0.05) is 32.0 Å². The highest BCUT2D eigenvalue weighted by atomic mass is 16.3. The Kier molecular flexibility index (Phi) is 4.08. The summed E-state index contributed by atoms with van der Waals surface area (Å²) in [6, 6.07) is 0. The Morgan fingerprint density at radius 1 is 1.35 bits per heavy atom. The molecule has 1 aliphatic carbocycles. The van der Waals surface area contributed by atoms with Crippen molar-refractivity contribution in [2.24, 2.45) is 11.3 Å². The topological polar surface area (TPSA) is 40.5 Å². The summed E-state index contributed by atoms with van der Waals surface area (Å²) in [5, 5.41) is 9.10. The Morgan fingerprint density at radius 2 is 2.06 bits per heavy atom. The van der Waals surface area contributed by atoms with Crippen LogP contribution in [0.1, 0.15) is 51.9 Å². The van der Waals surface area contributed by atoms with Crippen LogP contribution in [-0.4, -0.2) is 35.6 Å². The highest BCUT2D eigenvalue weighted by Gasteiger charge is 2.33. The van der Waals surface area contributed by atoms with Gasteiger partial charge in [-0.15, -0.1) is 0 Å². The molecule has 2 fully saturated rings. The molecule has 3 nitrogen and oxygen atoms in total. The van der Waals surface area contributed by atoms with Crippen LogP contribution < -0.4 is 0 Å². The normalized spacial score (nSPS) is 28.4. The summed E-state index contributed by atoms with van der Waals surface area (Å²) in [5.41, 5.74) is 0.243. The van der Waals surface area contributed by atoms with E-state index in [0.717, 1.165) is 19.5 Å². The number of rotatable bonds is 3. The third kappa shape index (κ3) is 3.21. The first-order chi connectivity index (χ1) is 8.13. The summed E-state index contributed by atoms with van der Waals surface area (Å²) < 4.78 is 0. The Hall–Kier alpha value is -0.570. The van der Waals surface area contributed by atoms with E-state index in [2.05, 4.69) is 6.92 Å². The Balaban J connectivity index is 1.84. The highest BCUT2D eigenvalue weighted by molar-refractivity contribution is 5.77. The molecule has 0 aromatic rings. The van der Waals surface area contributed by atoms with E-state index in [0.29, 0.717) is 18.2 Å². The smallest absolute Gasteiger partial charge is 0.223 e. The van der Waals surface area contributed by atoms with Gasteiger partial charge >= 0.3 is 0 Å². The number of aliphatic hydroxyl groups is 1. The summed E-state index contributed by atoms with van der Waals surface area (Å²) in [6.45, 7) is 4.11. The first-order valence-corrected chi connectivity index (χ1v) is 7.02. The molecule has 0 bridgehead atoms. The molecule has 1 heterocycles. The number of carbonyl (C=O) groups excluding carboxylic acids is 1. The van der Waals surface area contributed by atoms with Crippen molar-refractivity contribution in [3.63, 3.8) is 0 Å². The lowest BCUT2D eigenvalue weighted by molar-refractivity contribution is -0.133. The molecule has 1 N–H and O–H groups in total. The van der Waals surface area contributed by atoms with Crippen LogP contribution in [-0.2, 0) is 4.79 Å². The van der Waals surface area contributed by atoms with Crippen LogP contribution in [0.15, 0.2) is 0 Å². The molecular formula is C14H25NO2. The Morgan fingerprint density at radius 3 is 2.65 bits per heavy atom. The quantitative estimate of drug-likeness (QED) is 0.820. The second kappa shape index (κ2) is 5.38. The monoisotopic (exact) mass is 239 g/mol. The SMILES string of the molecule is CC1(CC(=O)N2CCC(CO)C2)CCCCC1. The molecule has 1 aliphatic heterocycles. The zero-order valence-electron chi connectivity index (χ0n) is 11.0. The van der Waals surface area contributed by atoms with E-state index in [4.69, 9.17) is 5.11 Å². The van der Waals surface area contributed by atoms with Crippen molar-refractivity contribution in [1.29, 1.82) is 0 Å². The van der Waals surface area contributed by atoms with Gasteiger partial charge in [-0.1, -0.05) is 26.2 Å². The average molecular weight is 239 g/mol. The fourth-order valence-corrected chi connectivity index (χ4v) is 3.27. The second-order valence-corrected chi connectivity index (χ2v) is 6.23. The van der Waals surface area contributed by atoms with Gasteiger partial charge in [0.1, 0.15) is 0 Å². The maximum atomic E-state index is 12.2. The maximum absolute atomic E-state index is 12.2. The van der Waals surface area contributed by atoms with Gasteiger partial charge in [0.05, 0.1) is 0 Å². The average Bonchev–Trinajstić information content (AvgIpc) is 2.78. The van der Waals surface area contributed by atoms with Crippen LogP contribution in [0.4, 0.5) is 0 Å². The van der Waals surface area contributed by atoms with Gasteiger partial charge in [0.15, 0.2) is 0 Å². The van der Waals surface area contributed by atoms with E-state index < -0.39 is 0 Å². The molecule has 0 radical (unpaired) electrons. The standard InChI is InChI=1S/C14H25NO2/c1-14(6-3-2-4-7-14)9-13(17)15-8-5-12(10-15)11-16/h12,16H,2-11H2,1H3.